The molecule has 2 amide bonds. The van der Waals surface area contributed by atoms with Gasteiger partial charge in [-0.25, -0.2) is 0 Å². The van der Waals surface area contributed by atoms with E-state index in [1.807, 2.05) is 42.5 Å². The fourth-order valence-corrected chi connectivity index (χ4v) is 3.60. The van der Waals surface area contributed by atoms with Gasteiger partial charge in [0.2, 0.25) is 11.8 Å². The average Bonchev–Trinajstić information content (AvgIpc) is 3.09. The predicted molar refractivity (Wildman–Crippen MR) is 104 cm³/mol. The van der Waals surface area contributed by atoms with Gasteiger partial charge in [0, 0.05) is 37.8 Å². The molecule has 3 rings (SSSR count). The van der Waals surface area contributed by atoms with Crippen molar-refractivity contribution in [3.63, 3.8) is 0 Å². The van der Waals surface area contributed by atoms with Crippen molar-refractivity contribution in [2.75, 3.05) is 6.54 Å². The molecule has 1 aliphatic heterocycles. The van der Waals surface area contributed by atoms with Crippen LogP contribution in [-0.4, -0.2) is 40.3 Å². The number of benzene rings is 1. The van der Waals surface area contributed by atoms with Crippen LogP contribution in [0.4, 0.5) is 0 Å². The zero-order chi connectivity index (χ0) is 19.1. The Kier molecular flexibility index (Phi) is 6.54. The third-order valence-electron chi connectivity index (χ3n) is 5.02. The highest BCUT2D eigenvalue weighted by molar-refractivity contribution is 5.87. The summed E-state index contributed by atoms with van der Waals surface area (Å²) < 4.78 is 0. The molecule has 1 fully saturated rings. The van der Waals surface area contributed by atoms with Gasteiger partial charge in [0.1, 0.15) is 6.04 Å². The molecule has 2 heterocycles. The quantitative estimate of drug-likeness (QED) is 0.743. The molecule has 0 bridgehead atoms. The van der Waals surface area contributed by atoms with Gasteiger partial charge < -0.3 is 11.1 Å². The van der Waals surface area contributed by atoms with Crippen molar-refractivity contribution in [3.05, 3.63) is 66.0 Å². The van der Waals surface area contributed by atoms with Gasteiger partial charge in [-0.05, 0) is 42.6 Å². The molecule has 6 heteroatoms. The van der Waals surface area contributed by atoms with Crippen LogP contribution in [0.25, 0.3) is 0 Å². The van der Waals surface area contributed by atoms with E-state index in [-0.39, 0.29) is 11.9 Å². The number of amides is 2. The third-order valence-corrected chi connectivity index (χ3v) is 5.02. The lowest BCUT2D eigenvalue weighted by Crippen LogP contribution is -2.47. The Morgan fingerprint density at radius 3 is 2.59 bits per heavy atom. The SMILES string of the molecule is NC(=O)[C@H](Cc1ccccc1)NC(=O)C[C@@H]1CCCN1Cc1ccncc1. The fourth-order valence-electron chi connectivity index (χ4n) is 3.60. The third kappa shape index (κ3) is 5.62. The maximum absolute atomic E-state index is 12.5. The molecule has 1 saturated heterocycles. The minimum Gasteiger partial charge on any atom is -0.368 e. The highest BCUT2D eigenvalue weighted by Gasteiger charge is 2.28. The topological polar surface area (TPSA) is 88.3 Å². The molecule has 0 radical (unpaired) electrons. The van der Waals surface area contributed by atoms with E-state index in [0.717, 1.165) is 31.5 Å². The molecule has 0 unspecified atom stereocenters. The molecule has 0 saturated carbocycles. The van der Waals surface area contributed by atoms with Gasteiger partial charge in [-0.15, -0.1) is 0 Å². The molecule has 0 aliphatic carbocycles. The summed E-state index contributed by atoms with van der Waals surface area (Å²) >= 11 is 0. The van der Waals surface area contributed by atoms with E-state index in [9.17, 15) is 9.59 Å². The molecule has 2 atom stereocenters. The molecule has 0 spiro atoms. The molecular formula is C21H26N4O2. The largest absolute Gasteiger partial charge is 0.368 e. The van der Waals surface area contributed by atoms with Gasteiger partial charge in [-0.3, -0.25) is 19.5 Å². The summed E-state index contributed by atoms with van der Waals surface area (Å²) in [5.41, 5.74) is 7.67. The highest BCUT2D eigenvalue weighted by Crippen LogP contribution is 2.22. The van der Waals surface area contributed by atoms with Crippen molar-refractivity contribution in [3.8, 4) is 0 Å². The first kappa shape index (κ1) is 19.0. The Hall–Kier alpha value is -2.73. The number of pyridine rings is 1. The van der Waals surface area contributed by atoms with Gasteiger partial charge in [0.25, 0.3) is 0 Å². The van der Waals surface area contributed by atoms with Crippen LogP contribution in [0.2, 0.25) is 0 Å². The van der Waals surface area contributed by atoms with Crippen molar-refractivity contribution in [2.45, 2.75) is 44.3 Å². The Labute approximate surface area is 159 Å². The Morgan fingerprint density at radius 2 is 1.89 bits per heavy atom. The lowest BCUT2D eigenvalue weighted by molar-refractivity contribution is -0.128. The molecule has 3 N–H and O–H groups in total. The predicted octanol–water partition coefficient (Wildman–Crippen LogP) is 1.65. The number of primary amides is 1. The second-order valence-corrected chi connectivity index (χ2v) is 7.04. The summed E-state index contributed by atoms with van der Waals surface area (Å²) in [4.78, 5) is 30.7. The van der Waals surface area contributed by atoms with Crippen LogP contribution in [0.5, 0.6) is 0 Å². The zero-order valence-electron chi connectivity index (χ0n) is 15.4. The number of rotatable bonds is 8. The summed E-state index contributed by atoms with van der Waals surface area (Å²) in [7, 11) is 0. The maximum Gasteiger partial charge on any atom is 0.240 e. The van der Waals surface area contributed by atoms with E-state index in [0.29, 0.717) is 12.8 Å². The summed E-state index contributed by atoms with van der Waals surface area (Å²) in [5.74, 6) is -0.631. The number of carbonyl (C=O) groups is 2. The number of aromatic nitrogens is 1. The highest BCUT2D eigenvalue weighted by atomic mass is 16.2. The number of nitrogens with one attached hydrogen (secondary N) is 1. The monoisotopic (exact) mass is 366 g/mol. The molecule has 27 heavy (non-hydrogen) atoms. The van der Waals surface area contributed by atoms with E-state index < -0.39 is 11.9 Å². The second kappa shape index (κ2) is 9.28. The first-order valence-corrected chi connectivity index (χ1v) is 9.37. The average molecular weight is 366 g/mol. The molecule has 142 valence electrons. The Balaban J connectivity index is 1.55. The van der Waals surface area contributed by atoms with Crippen molar-refractivity contribution in [1.82, 2.24) is 15.2 Å². The molecule has 1 aliphatic rings. The number of likely N-dealkylation sites (tertiary alicyclic amines) is 1. The van der Waals surface area contributed by atoms with Gasteiger partial charge >= 0.3 is 0 Å². The minimum absolute atomic E-state index is 0.124. The van der Waals surface area contributed by atoms with E-state index >= 15 is 0 Å². The van der Waals surface area contributed by atoms with Crippen LogP contribution in [0.3, 0.4) is 0 Å². The first-order chi connectivity index (χ1) is 13.1. The molecule has 1 aromatic heterocycles. The van der Waals surface area contributed by atoms with Crippen molar-refractivity contribution in [1.29, 1.82) is 0 Å². The van der Waals surface area contributed by atoms with E-state index in [2.05, 4.69) is 15.2 Å². The number of hydrogen-bond donors (Lipinski definition) is 2. The van der Waals surface area contributed by atoms with Gasteiger partial charge in [-0.1, -0.05) is 30.3 Å². The van der Waals surface area contributed by atoms with Crippen LogP contribution in [-0.2, 0) is 22.6 Å². The lowest BCUT2D eigenvalue weighted by Gasteiger charge is -2.25. The fraction of sp³-hybridized carbons (Fsp3) is 0.381. The van der Waals surface area contributed by atoms with E-state index in [1.54, 1.807) is 12.4 Å². The first-order valence-electron chi connectivity index (χ1n) is 9.37. The van der Waals surface area contributed by atoms with Crippen LogP contribution >= 0.6 is 0 Å². The summed E-state index contributed by atoms with van der Waals surface area (Å²) in [6, 6.07) is 13.1. The standard InChI is InChI=1S/C21H26N4O2/c22-21(27)19(13-16-5-2-1-3-6-16)24-20(26)14-18-7-4-12-25(18)15-17-8-10-23-11-9-17/h1-3,5-6,8-11,18-19H,4,7,12-15H2,(H2,22,27)(H,24,26)/t18-,19-/m0/s1. The Morgan fingerprint density at radius 1 is 1.15 bits per heavy atom. The van der Waals surface area contributed by atoms with E-state index in [4.69, 9.17) is 5.73 Å². The van der Waals surface area contributed by atoms with Gasteiger partial charge in [0.05, 0.1) is 0 Å². The lowest BCUT2D eigenvalue weighted by atomic mass is 10.0. The molecular weight excluding hydrogens is 340 g/mol. The number of hydrogen-bond acceptors (Lipinski definition) is 4. The number of nitrogens with two attached hydrogens (primary N) is 1. The summed E-state index contributed by atoms with van der Waals surface area (Å²) in [6.45, 7) is 1.78. The van der Waals surface area contributed by atoms with Gasteiger partial charge in [0.15, 0.2) is 0 Å². The smallest absolute Gasteiger partial charge is 0.240 e. The van der Waals surface area contributed by atoms with Gasteiger partial charge in [-0.2, -0.15) is 0 Å². The molecule has 2 aromatic rings. The zero-order valence-corrected chi connectivity index (χ0v) is 15.4. The maximum atomic E-state index is 12.5. The van der Waals surface area contributed by atoms with Crippen LogP contribution in [0.1, 0.15) is 30.4 Å². The van der Waals surface area contributed by atoms with Crippen molar-refractivity contribution < 1.29 is 9.59 Å². The van der Waals surface area contributed by atoms with Crippen molar-refractivity contribution in [2.24, 2.45) is 5.73 Å². The second-order valence-electron chi connectivity index (χ2n) is 7.04. The minimum atomic E-state index is -0.685. The van der Waals surface area contributed by atoms with Crippen molar-refractivity contribution >= 4 is 11.8 Å². The Bertz CT molecular complexity index is 751. The normalized spacial score (nSPS) is 18.1. The summed E-state index contributed by atoms with van der Waals surface area (Å²) in [5, 5.41) is 2.83. The van der Waals surface area contributed by atoms with Crippen LogP contribution in [0.15, 0.2) is 54.9 Å². The van der Waals surface area contributed by atoms with Crippen LogP contribution < -0.4 is 11.1 Å². The van der Waals surface area contributed by atoms with Crippen LogP contribution in [0, 0.1) is 0 Å². The number of carbonyl (C=O) groups excluding carboxylic acids is 2. The summed E-state index contributed by atoms with van der Waals surface area (Å²) in [6.07, 6.45) is 6.42. The number of nitrogens with zero attached hydrogens (tertiary/aromatic N) is 2. The molecule has 1 aromatic carbocycles. The molecule has 6 nitrogen and oxygen atoms in total. The van der Waals surface area contributed by atoms with E-state index in [1.165, 1.54) is 5.56 Å².